The second-order valence-corrected chi connectivity index (χ2v) is 6.98. The first-order valence-electron chi connectivity index (χ1n) is 6.46. The fraction of sp³-hybridized carbons (Fsp3) is 0.200. The molecule has 1 aromatic carbocycles. The van der Waals surface area contributed by atoms with Crippen LogP contribution in [0.4, 0.5) is 0 Å². The van der Waals surface area contributed by atoms with E-state index < -0.39 is 10.8 Å². The number of thiophene rings is 1. The molecule has 0 N–H and O–H groups in total. The molecule has 0 aliphatic heterocycles. The van der Waals surface area contributed by atoms with E-state index in [-0.39, 0.29) is 0 Å². The quantitative estimate of drug-likeness (QED) is 0.722. The number of hydrogen-bond donors (Lipinski definition) is 0. The highest BCUT2D eigenvalue weighted by molar-refractivity contribution is 7.83. The maximum absolute atomic E-state index is 12.2. The number of aromatic nitrogens is 2. The summed E-state index contributed by atoms with van der Waals surface area (Å²) < 4.78 is 17.4. The lowest BCUT2D eigenvalue weighted by molar-refractivity contribution is 0.425. The van der Waals surface area contributed by atoms with Crippen molar-refractivity contribution in [1.82, 2.24) is 10.1 Å². The zero-order chi connectivity index (χ0) is 14.7. The first-order chi connectivity index (χ1) is 10.2. The van der Waals surface area contributed by atoms with Gasteiger partial charge in [0.25, 0.3) is 5.89 Å². The van der Waals surface area contributed by atoms with E-state index >= 15 is 0 Å². The average molecular weight is 318 g/mol. The Morgan fingerprint density at radius 2 is 2.19 bits per heavy atom. The minimum Gasteiger partial charge on any atom is -0.334 e. The SMILES string of the molecule is Cc1cccc(C[S@](=O)Cc2noc(-c3ccsc3)n2)c1. The van der Waals surface area contributed by atoms with Crippen LogP contribution in [-0.2, 0) is 22.3 Å². The maximum Gasteiger partial charge on any atom is 0.258 e. The summed E-state index contributed by atoms with van der Waals surface area (Å²) in [4.78, 5) is 4.29. The summed E-state index contributed by atoms with van der Waals surface area (Å²) >= 11 is 1.57. The third-order valence-corrected chi connectivity index (χ3v) is 4.86. The number of nitrogens with zero attached hydrogens (tertiary/aromatic N) is 2. The summed E-state index contributed by atoms with van der Waals surface area (Å²) in [5.74, 6) is 1.78. The summed E-state index contributed by atoms with van der Waals surface area (Å²) in [5.41, 5.74) is 3.14. The van der Waals surface area contributed by atoms with Crippen LogP contribution in [0, 0.1) is 6.92 Å². The maximum atomic E-state index is 12.2. The van der Waals surface area contributed by atoms with Crippen LogP contribution in [0.25, 0.3) is 11.5 Å². The highest BCUT2D eigenvalue weighted by atomic mass is 32.2. The lowest BCUT2D eigenvalue weighted by atomic mass is 10.2. The molecule has 0 aliphatic rings. The topological polar surface area (TPSA) is 56.0 Å². The van der Waals surface area contributed by atoms with E-state index in [2.05, 4.69) is 10.1 Å². The molecule has 6 heteroatoms. The van der Waals surface area contributed by atoms with Gasteiger partial charge in [-0.2, -0.15) is 16.3 Å². The van der Waals surface area contributed by atoms with Gasteiger partial charge >= 0.3 is 0 Å². The summed E-state index contributed by atoms with van der Waals surface area (Å²) in [7, 11) is -1.05. The molecule has 1 atom stereocenters. The lowest BCUT2D eigenvalue weighted by Crippen LogP contribution is -2.01. The van der Waals surface area contributed by atoms with Gasteiger partial charge in [-0.05, 0) is 23.9 Å². The first-order valence-corrected chi connectivity index (χ1v) is 8.89. The molecule has 0 unspecified atom stereocenters. The zero-order valence-corrected chi connectivity index (χ0v) is 13.1. The van der Waals surface area contributed by atoms with E-state index in [1.165, 1.54) is 5.56 Å². The monoisotopic (exact) mass is 318 g/mol. The predicted molar refractivity (Wildman–Crippen MR) is 84.3 cm³/mol. The smallest absolute Gasteiger partial charge is 0.258 e. The second-order valence-electron chi connectivity index (χ2n) is 4.75. The Labute approximate surface area is 129 Å². The van der Waals surface area contributed by atoms with Crippen LogP contribution in [-0.4, -0.2) is 14.3 Å². The van der Waals surface area contributed by atoms with Crippen molar-refractivity contribution in [3.05, 3.63) is 58.0 Å². The van der Waals surface area contributed by atoms with Crippen molar-refractivity contribution in [2.24, 2.45) is 0 Å². The molecule has 2 heterocycles. The second kappa shape index (κ2) is 6.32. The van der Waals surface area contributed by atoms with Crippen molar-refractivity contribution >= 4 is 22.1 Å². The Hall–Kier alpha value is -1.79. The van der Waals surface area contributed by atoms with Crippen LogP contribution < -0.4 is 0 Å². The van der Waals surface area contributed by atoms with Crippen molar-refractivity contribution in [2.75, 3.05) is 0 Å². The van der Waals surface area contributed by atoms with Crippen molar-refractivity contribution in [3.8, 4) is 11.5 Å². The summed E-state index contributed by atoms with van der Waals surface area (Å²) in [5, 5.41) is 7.80. The van der Waals surface area contributed by atoms with Gasteiger partial charge in [0.1, 0.15) is 0 Å². The van der Waals surface area contributed by atoms with Gasteiger partial charge in [-0.15, -0.1) is 0 Å². The van der Waals surface area contributed by atoms with E-state index in [0.29, 0.717) is 23.2 Å². The van der Waals surface area contributed by atoms with Crippen LogP contribution in [0.1, 0.15) is 17.0 Å². The number of benzene rings is 1. The fourth-order valence-corrected chi connectivity index (χ4v) is 3.69. The third-order valence-electron chi connectivity index (χ3n) is 2.94. The van der Waals surface area contributed by atoms with Crippen molar-refractivity contribution in [2.45, 2.75) is 18.4 Å². The first kappa shape index (κ1) is 14.2. The highest BCUT2D eigenvalue weighted by Crippen LogP contribution is 2.20. The minimum atomic E-state index is -1.05. The summed E-state index contributed by atoms with van der Waals surface area (Å²) in [6, 6.07) is 9.96. The highest BCUT2D eigenvalue weighted by Gasteiger charge is 2.12. The molecule has 0 saturated heterocycles. The Kier molecular flexibility index (Phi) is 4.26. The van der Waals surface area contributed by atoms with Crippen molar-refractivity contribution in [1.29, 1.82) is 0 Å². The molecule has 4 nitrogen and oxygen atoms in total. The zero-order valence-electron chi connectivity index (χ0n) is 11.5. The molecular weight excluding hydrogens is 304 g/mol. The summed E-state index contributed by atoms with van der Waals surface area (Å²) in [6.45, 7) is 2.03. The average Bonchev–Trinajstić information content (AvgIpc) is 3.08. The molecule has 0 radical (unpaired) electrons. The molecular formula is C15H14N2O2S2. The number of hydrogen-bond acceptors (Lipinski definition) is 5. The molecule has 0 bridgehead atoms. The Bertz CT molecular complexity index is 751. The van der Waals surface area contributed by atoms with Crippen molar-refractivity contribution in [3.63, 3.8) is 0 Å². The van der Waals surface area contributed by atoms with Crippen LogP contribution in [0.2, 0.25) is 0 Å². The molecule has 0 saturated carbocycles. The third kappa shape index (κ3) is 3.65. The molecule has 108 valence electrons. The van der Waals surface area contributed by atoms with Crippen LogP contribution >= 0.6 is 11.3 Å². The molecule has 0 aliphatic carbocycles. The van der Waals surface area contributed by atoms with E-state index in [4.69, 9.17) is 4.52 Å². The molecule has 3 rings (SSSR count). The summed E-state index contributed by atoms with van der Waals surface area (Å²) in [6.07, 6.45) is 0. The van der Waals surface area contributed by atoms with E-state index in [9.17, 15) is 4.21 Å². The van der Waals surface area contributed by atoms with Gasteiger partial charge in [0, 0.05) is 21.9 Å². The molecule has 3 aromatic rings. The minimum absolute atomic E-state index is 0.307. The molecule has 0 amide bonds. The van der Waals surface area contributed by atoms with Gasteiger partial charge in [0.15, 0.2) is 5.82 Å². The van der Waals surface area contributed by atoms with Crippen molar-refractivity contribution < 1.29 is 8.73 Å². The number of rotatable bonds is 5. The van der Waals surface area contributed by atoms with Crippen LogP contribution in [0.15, 0.2) is 45.6 Å². The van der Waals surface area contributed by atoms with Crippen LogP contribution in [0.5, 0.6) is 0 Å². The van der Waals surface area contributed by atoms with E-state index in [1.54, 1.807) is 11.3 Å². The normalized spacial score (nSPS) is 12.4. The molecule has 0 spiro atoms. The molecule has 0 fully saturated rings. The van der Waals surface area contributed by atoms with Gasteiger partial charge < -0.3 is 4.52 Å². The number of aryl methyl sites for hydroxylation is 1. The lowest BCUT2D eigenvalue weighted by Gasteiger charge is -2.01. The Morgan fingerprint density at radius 1 is 1.29 bits per heavy atom. The van der Waals surface area contributed by atoms with Gasteiger partial charge in [0.2, 0.25) is 0 Å². The van der Waals surface area contributed by atoms with Gasteiger partial charge in [0.05, 0.1) is 11.3 Å². The standard InChI is InChI=1S/C15H14N2O2S2/c1-11-3-2-4-12(7-11)9-21(18)10-14-16-15(19-17-14)13-5-6-20-8-13/h2-8H,9-10H2,1H3/t21-/m0/s1. The Morgan fingerprint density at radius 3 is 2.95 bits per heavy atom. The van der Waals surface area contributed by atoms with E-state index in [1.807, 2.05) is 48.0 Å². The van der Waals surface area contributed by atoms with Gasteiger partial charge in [-0.25, -0.2) is 0 Å². The molecule has 21 heavy (non-hydrogen) atoms. The molecule has 2 aromatic heterocycles. The van der Waals surface area contributed by atoms with Gasteiger partial charge in [-0.3, -0.25) is 4.21 Å². The van der Waals surface area contributed by atoms with E-state index in [0.717, 1.165) is 11.1 Å². The fourth-order valence-electron chi connectivity index (χ4n) is 2.00. The largest absolute Gasteiger partial charge is 0.334 e. The van der Waals surface area contributed by atoms with Gasteiger partial charge in [-0.1, -0.05) is 35.0 Å². The van der Waals surface area contributed by atoms with Crippen LogP contribution in [0.3, 0.4) is 0 Å². The Balaban J connectivity index is 1.65. The predicted octanol–water partition coefficient (Wildman–Crippen LogP) is 3.56.